The maximum atomic E-state index is 12.4. The highest BCUT2D eigenvalue weighted by Gasteiger charge is 2.36. The Bertz CT molecular complexity index is 398. The lowest BCUT2D eigenvalue weighted by Gasteiger charge is -2.10. The Hall–Kier alpha value is -0.380. The highest BCUT2D eigenvalue weighted by atomic mass is 127. The van der Waals surface area contributed by atoms with Gasteiger partial charge in [0.2, 0.25) is 0 Å². The lowest BCUT2D eigenvalue weighted by Crippen LogP contribution is -2.09. The number of non-ortho nitro benzene ring substituents is 1. The molecule has 82 valence electrons. The van der Waals surface area contributed by atoms with Crippen LogP contribution in [0.2, 0.25) is 0 Å². The van der Waals surface area contributed by atoms with E-state index in [1.807, 2.05) is 0 Å². The standard InChI is InChI=1S/C7H2BrF3INO2/c8-4-1-3(13(14)15)2-5(12)6(4)7(9,10)11/h1-2H. The van der Waals surface area contributed by atoms with Crippen LogP contribution >= 0.6 is 38.5 Å². The molecule has 15 heavy (non-hydrogen) atoms. The zero-order valence-electron chi connectivity index (χ0n) is 6.81. The number of nitro groups is 1. The number of hydrogen-bond donors (Lipinski definition) is 0. The van der Waals surface area contributed by atoms with Gasteiger partial charge in [0.05, 0.1) is 10.5 Å². The van der Waals surface area contributed by atoms with Crippen molar-refractivity contribution >= 4 is 44.2 Å². The summed E-state index contributed by atoms with van der Waals surface area (Å²) in [4.78, 5) is 9.62. The molecule has 0 heterocycles. The number of alkyl halides is 3. The minimum Gasteiger partial charge on any atom is -0.258 e. The molecular formula is C7H2BrF3INO2. The van der Waals surface area contributed by atoms with E-state index in [1.165, 1.54) is 22.6 Å². The van der Waals surface area contributed by atoms with E-state index in [9.17, 15) is 23.3 Å². The Labute approximate surface area is 104 Å². The minimum absolute atomic E-state index is 0.207. The average Bonchev–Trinajstić information content (AvgIpc) is 1.99. The Morgan fingerprint density at radius 1 is 1.40 bits per heavy atom. The molecule has 0 radical (unpaired) electrons. The molecule has 0 atom stereocenters. The van der Waals surface area contributed by atoms with Gasteiger partial charge in [-0.15, -0.1) is 0 Å². The van der Waals surface area contributed by atoms with Gasteiger partial charge in [-0.1, -0.05) is 0 Å². The number of hydrogen-bond acceptors (Lipinski definition) is 2. The normalized spacial score (nSPS) is 11.5. The Balaban J connectivity index is 3.41. The van der Waals surface area contributed by atoms with Gasteiger partial charge in [0.15, 0.2) is 0 Å². The smallest absolute Gasteiger partial charge is 0.258 e. The first kappa shape index (κ1) is 12.7. The fraction of sp³-hybridized carbons (Fsp3) is 0.143. The molecule has 1 aromatic carbocycles. The van der Waals surface area contributed by atoms with Crippen molar-refractivity contribution in [1.82, 2.24) is 0 Å². The second-order valence-electron chi connectivity index (χ2n) is 2.54. The van der Waals surface area contributed by atoms with E-state index in [-0.39, 0.29) is 13.7 Å². The van der Waals surface area contributed by atoms with Crippen LogP contribution in [0, 0.1) is 13.7 Å². The molecule has 1 aromatic rings. The maximum absolute atomic E-state index is 12.4. The van der Waals surface area contributed by atoms with Crippen molar-refractivity contribution in [2.75, 3.05) is 0 Å². The van der Waals surface area contributed by atoms with Gasteiger partial charge in [-0.05, 0) is 38.5 Å². The molecule has 0 aliphatic heterocycles. The topological polar surface area (TPSA) is 43.1 Å². The largest absolute Gasteiger partial charge is 0.418 e. The summed E-state index contributed by atoms with van der Waals surface area (Å²) in [7, 11) is 0. The molecule has 0 aromatic heterocycles. The van der Waals surface area contributed by atoms with Gasteiger partial charge in [0.1, 0.15) is 0 Å². The monoisotopic (exact) mass is 395 g/mol. The van der Waals surface area contributed by atoms with Crippen LogP contribution in [-0.2, 0) is 6.18 Å². The van der Waals surface area contributed by atoms with E-state index in [1.54, 1.807) is 0 Å². The number of halogens is 5. The van der Waals surface area contributed by atoms with Crippen LogP contribution in [0.3, 0.4) is 0 Å². The quantitative estimate of drug-likeness (QED) is 0.410. The summed E-state index contributed by atoms with van der Waals surface area (Å²) in [6, 6.07) is 1.72. The lowest BCUT2D eigenvalue weighted by atomic mass is 10.2. The highest BCUT2D eigenvalue weighted by molar-refractivity contribution is 14.1. The van der Waals surface area contributed by atoms with Gasteiger partial charge < -0.3 is 0 Å². The molecule has 0 unspecified atom stereocenters. The van der Waals surface area contributed by atoms with Crippen molar-refractivity contribution in [2.45, 2.75) is 6.18 Å². The molecule has 0 N–H and O–H groups in total. The van der Waals surface area contributed by atoms with Crippen LogP contribution in [-0.4, -0.2) is 4.92 Å². The molecule has 1 rings (SSSR count). The number of benzene rings is 1. The molecule has 0 amide bonds. The molecule has 0 aliphatic carbocycles. The summed E-state index contributed by atoms with van der Waals surface area (Å²) in [5.74, 6) is 0. The van der Waals surface area contributed by atoms with Crippen molar-refractivity contribution in [3.8, 4) is 0 Å². The molecule has 0 saturated carbocycles. The highest BCUT2D eigenvalue weighted by Crippen LogP contribution is 2.39. The van der Waals surface area contributed by atoms with Crippen LogP contribution in [0.25, 0.3) is 0 Å². The summed E-state index contributed by atoms with van der Waals surface area (Å²) in [6.45, 7) is 0. The van der Waals surface area contributed by atoms with Crippen molar-refractivity contribution in [3.63, 3.8) is 0 Å². The van der Waals surface area contributed by atoms with Gasteiger partial charge in [-0.2, -0.15) is 13.2 Å². The second kappa shape index (κ2) is 4.24. The van der Waals surface area contributed by atoms with Crippen molar-refractivity contribution < 1.29 is 18.1 Å². The van der Waals surface area contributed by atoms with E-state index >= 15 is 0 Å². The summed E-state index contributed by atoms with van der Waals surface area (Å²) < 4.78 is 36.8. The molecular weight excluding hydrogens is 394 g/mol. The predicted molar refractivity (Wildman–Crippen MR) is 58.5 cm³/mol. The number of nitro benzene ring substituents is 1. The molecule has 0 fully saturated rings. The summed E-state index contributed by atoms with van der Waals surface area (Å²) in [5, 5.41) is 10.4. The molecule has 0 bridgehead atoms. The summed E-state index contributed by atoms with van der Waals surface area (Å²) in [5.41, 5.74) is -1.27. The molecule has 0 aliphatic rings. The maximum Gasteiger partial charge on any atom is 0.418 e. The fourth-order valence-electron chi connectivity index (χ4n) is 0.936. The van der Waals surface area contributed by atoms with Crippen LogP contribution in [0.5, 0.6) is 0 Å². The van der Waals surface area contributed by atoms with Crippen LogP contribution in [0.15, 0.2) is 16.6 Å². The van der Waals surface area contributed by atoms with Crippen molar-refractivity contribution in [1.29, 1.82) is 0 Å². The van der Waals surface area contributed by atoms with Crippen molar-refractivity contribution in [2.24, 2.45) is 0 Å². The minimum atomic E-state index is -4.52. The predicted octanol–water partition coefficient (Wildman–Crippen LogP) is 3.98. The van der Waals surface area contributed by atoms with E-state index in [2.05, 4.69) is 15.9 Å². The number of rotatable bonds is 1. The third-order valence-electron chi connectivity index (χ3n) is 1.52. The molecule has 8 heteroatoms. The van der Waals surface area contributed by atoms with Crippen LogP contribution < -0.4 is 0 Å². The van der Waals surface area contributed by atoms with Gasteiger partial charge in [0, 0.05) is 20.2 Å². The fourth-order valence-corrected chi connectivity index (χ4v) is 2.89. The van der Waals surface area contributed by atoms with Gasteiger partial charge in [-0.25, -0.2) is 0 Å². The van der Waals surface area contributed by atoms with E-state index < -0.39 is 16.7 Å². The Morgan fingerprint density at radius 3 is 2.27 bits per heavy atom. The average molecular weight is 396 g/mol. The van der Waals surface area contributed by atoms with E-state index in [0.29, 0.717) is 0 Å². The Kier molecular flexibility index (Phi) is 3.59. The zero-order valence-corrected chi connectivity index (χ0v) is 10.6. The SMILES string of the molecule is O=[N+]([O-])c1cc(Br)c(C(F)(F)F)c(I)c1. The summed E-state index contributed by atoms with van der Waals surface area (Å²) in [6.07, 6.45) is -4.52. The second-order valence-corrected chi connectivity index (χ2v) is 4.56. The molecule has 3 nitrogen and oxygen atoms in total. The number of nitrogens with zero attached hydrogens (tertiary/aromatic N) is 1. The van der Waals surface area contributed by atoms with Crippen LogP contribution in [0.1, 0.15) is 5.56 Å². The van der Waals surface area contributed by atoms with Gasteiger partial charge in [0.25, 0.3) is 5.69 Å². The van der Waals surface area contributed by atoms with Gasteiger partial charge in [-0.3, -0.25) is 10.1 Å². The zero-order chi connectivity index (χ0) is 11.8. The Morgan fingerprint density at radius 2 is 1.93 bits per heavy atom. The first-order valence-electron chi connectivity index (χ1n) is 3.44. The third-order valence-corrected chi connectivity index (χ3v) is 3.00. The van der Waals surface area contributed by atoms with E-state index in [0.717, 1.165) is 12.1 Å². The van der Waals surface area contributed by atoms with Crippen molar-refractivity contribution in [3.05, 3.63) is 35.9 Å². The lowest BCUT2D eigenvalue weighted by molar-refractivity contribution is -0.385. The first-order chi connectivity index (χ1) is 6.73. The molecule has 0 spiro atoms. The van der Waals surface area contributed by atoms with Crippen LogP contribution in [0.4, 0.5) is 18.9 Å². The third kappa shape index (κ3) is 2.80. The van der Waals surface area contributed by atoms with E-state index in [4.69, 9.17) is 0 Å². The summed E-state index contributed by atoms with van der Waals surface area (Å²) >= 11 is 4.09. The molecule has 0 saturated heterocycles. The first-order valence-corrected chi connectivity index (χ1v) is 5.31. The van der Waals surface area contributed by atoms with Gasteiger partial charge >= 0.3 is 6.18 Å².